The van der Waals surface area contributed by atoms with Gasteiger partial charge in [-0.25, -0.2) is 0 Å². The van der Waals surface area contributed by atoms with Gasteiger partial charge in [-0.3, -0.25) is 4.98 Å². The van der Waals surface area contributed by atoms with Crippen LogP contribution in [0.15, 0.2) is 47.1 Å². The molecule has 0 amide bonds. The van der Waals surface area contributed by atoms with Gasteiger partial charge < -0.3 is 9.84 Å². The number of pyridine rings is 1. The van der Waals surface area contributed by atoms with Gasteiger partial charge in [-0.2, -0.15) is 0 Å². The topological polar surface area (TPSA) is 42.4 Å². The molecule has 0 radical (unpaired) electrons. The Bertz CT molecular complexity index is 585. The second kappa shape index (κ2) is 6.44. The molecule has 1 unspecified atom stereocenters. The molecule has 1 heterocycles. The molecule has 0 aliphatic rings. The van der Waals surface area contributed by atoms with E-state index in [-0.39, 0.29) is 12.2 Å². The number of aromatic nitrogens is 1. The third-order valence-corrected chi connectivity index (χ3v) is 3.16. The summed E-state index contributed by atoms with van der Waals surface area (Å²) in [7, 11) is 0. The highest BCUT2D eigenvalue weighted by Gasteiger charge is 2.31. The first-order valence-corrected chi connectivity index (χ1v) is 6.77. The average Bonchev–Trinajstić information content (AvgIpc) is 2.40. The normalized spacial score (nSPS) is 13.0. The minimum atomic E-state index is -4.72. The highest BCUT2D eigenvalue weighted by atomic mass is 79.9. The van der Waals surface area contributed by atoms with E-state index in [0.717, 1.165) is 4.47 Å². The van der Waals surface area contributed by atoms with Crippen LogP contribution in [-0.4, -0.2) is 16.5 Å². The molecule has 0 spiro atoms. The van der Waals surface area contributed by atoms with Gasteiger partial charge in [-0.05, 0) is 45.8 Å². The van der Waals surface area contributed by atoms with Crippen LogP contribution < -0.4 is 4.74 Å². The lowest BCUT2D eigenvalue weighted by Gasteiger charge is -2.12. The summed E-state index contributed by atoms with van der Waals surface area (Å²) in [5.74, 6) is -0.319. The summed E-state index contributed by atoms with van der Waals surface area (Å²) < 4.78 is 40.7. The number of hydrogen-bond donors (Lipinski definition) is 1. The summed E-state index contributed by atoms with van der Waals surface area (Å²) in [6.45, 7) is 0. The second-order valence-corrected chi connectivity index (χ2v) is 5.22. The highest BCUT2D eigenvalue weighted by Crippen LogP contribution is 2.25. The molecule has 7 heteroatoms. The Labute approximate surface area is 127 Å². The molecule has 2 aromatic rings. The first-order chi connectivity index (χ1) is 9.83. The second-order valence-electron chi connectivity index (χ2n) is 4.30. The van der Waals surface area contributed by atoms with Crippen LogP contribution in [0.3, 0.4) is 0 Å². The van der Waals surface area contributed by atoms with Gasteiger partial charge >= 0.3 is 6.36 Å². The first kappa shape index (κ1) is 15.8. The van der Waals surface area contributed by atoms with Crippen LogP contribution >= 0.6 is 15.9 Å². The van der Waals surface area contributed by atoms with Gasteiger partial charge in [-0.15, -0.1) is 13.2 Å². The lowest BCUT2D eigenvalue weighted by Crippen LogP contribution is -2.17. The summed E-state index contributed by atoms with van der Waals surface area (Å²) in [4.78, 5) is 4.13. The standard InChI is InChI=1S/C14H11BrF3NO2/c15-10-3-4-11(19-8-10)7-13(20)9-1-5-12(6-2-9)21-14(16,17)18/h1-6,8,13,20H,7H2. The van der Waals surface area contributed by atoms with Crippen LogP contribution in [0.25, 0.3) is 0 Å². The van der Waals surface area contributed by atoms with Crippen molar-refractivity contribution in [2.45, 2.75) is 18.9 Å². The maximum Gasteiger partial charge on any atom is 0.573 e. The van der Waals surface area contributed by atoms with Crippen LogP contribution in [0.2, 0.25) is 0 Å². The van der Waals surface area contributed by atoms with Gasteiger partial charge in [0.15, 0.2) is 0 Å². The zero-order valence-corrected chi connectivity index (χ0v) is 12.2. The molecule has 1 N–H and O–H groups in total. The van der Waals surface area contributed by atoms with Crippen molar-refractivity contribution in [2.24, 2.45) is 0 Å². The summed E-state index contributed by atoms with van der Waals surface area (Å²) in [6, 6.07) is 8.68. The van der Waals surface area contributed by atoms with Gasteiger partial charge in [0.25, 0.3) is 0 Å². The molecule has 0 fully saturated rings. The summed E-state index contributed by atoms with van der Waals surface area (Å²) in [5.41, 5.74) is 1.18. The lowest BCUT2D eigenvalue weighted by atomic mass is 10.0. The molecule has 3 nitrogen and oxygen atoms in total. The van der Waals surface area contributed by atoms with E-state index in [2.05, 4.69) is 25.7 Å². The van der Waals surface area contributed by atoms with Gasteiger partial charge in [0.2, 0.25) is 0 Å². The molecule has 21 heavy (non-hydrogen) atoms. The van der Waals surface area contributed by atoms with Gasteiger partial charge in [-0.1, -0.05) is 12.1 Å². The number of aliphatic hydroxyl groups excluding tert-OH is 1. The number of nitrogens with zero attached hydrogens (tertiary/aromatic N) is 1. The van der Waals surface area contributed by atoms with E-state index in [1.165, 1.54) is 24.3 Å². The molecule has 0 saturated carbocycles. The number of halogens is 4. The molecule has 1 aromatic carbocycles. The average molecular weight is 362 g/mol. The van der Waals surface area contributed by atoms with Gasteiger partial charge in [0.1, 0.15) is 5.75 Å². The molecule has 0 aliphatic carbocycles. The van der Waals surface area contributed by atoms with Gasteiger partial charge in [0.05, 0.1) is 6.10 Å². The Morgan fingerprint density at radius 2 is 1.81 bits per heavy atom. The summed E-state index contributed by atoms with van der Waals surface area (Å²) >= 11 is 3.26. The van der Waals surface area contributed by atoms with E-state index in [9.17, 15) is 18.3 Å². The van der Waals surface area contributed by atoms with Crippen molar-refractivity contribution < 1.29 is 23.0 Å². The van der Waals surface area contributed by atoms with Crippen molar-refractivity contribution in [3.05, 3.63) is 58.3 Å². The van der Waals surface area contributed by atoms with E-state index in [4.69, 9.17) is 0 Å². The smallest absolute Gasteiger partial charge is 0.406 e. The van der Waals surface area contributed by atoms with Crippen molar-refractivity contribution >= 4 is 15.9 Å². The van der Waals surface area contributed by atoms with E-state index in [1.807, 2.05) is 0 Å². The summed E-state index contributed by atoms with van der Waals surface area (Å²) in [5, 5.41) is 10.1. The SMILES string of the molecule is OC(Cc1ccc(Br)cn1)c1ccc(OC(F)(F)F)cc1. The molecule has 1 atom stereocenters. The number of alkyl halides is 3. The Kier molecular flexibility index (Phi) is 4.84. The molecular formula is C14H11BrF3NO2. The minimum absolute atomic E-state index is 0.271. The Hall–Kier alpha value is -1.60. The van der Waals surface area contributed by atoms with Crippen LogP contribution in [0.5, 0.6) is 5.75 Å². The molecule has 112 valence electrons. The number of ether oxygens (including phenoxy) is 1. The Balaban J connectivity index is 2.02. The molecule has 1 aromatic heterocycles. The zero-order chi connectivity index (χ0) is 15.5. The molecule has 0 bridgehead atoms. The predicted octanol–water partition coefficient (Wildman–Crippen LogP) is 4.02. The monoisotopic (exact) mass is 361 g/mol. The molecule has 0 aliphatic heterocycles. The Morgan fingerprint density at radius 3 is 2.33 bits per heavy atom. The molecular weight excluding hydrogens is 351 g/mol. The molecule has 0 saturated heterocycles. The largest absolute Gasteiger partial charge is 0.573 e. The van der Waals surface area contributed by atoms with Crippen molar-refractivity contribution in [1.29, 1.82) is 0 Å². The predicted molar refractivity (Wildman–Crippen MR) is 73.7 cm³/mol. The van der Waals surface area contributed by atoms with Crippen LogP contribution in [0, 0.1) is 0 Å². The van der Waals surface area contributed by atoms with Crippen molar-refractivity contribution in [1.82, 2.24) is 4.98 Å². The van der Waals surface area contributed by atoms with Crippen LogP contribution in [0.4, 0.5) is 13.2 Å². The minimum Gasteiger partial charge on any atom is -0.406 e. The van der Waals surface area contributed by atoms with Crippen LogP contribution in [0.1, 0.15) is 17.4 Å². The van der Waals surface area contributed by atoms with E-state index >= 15 is 0 Å². The highest BCUT2D eigenvalue weighted by molar-refractivity contribution is 9.10. The maximum atomic E-state index is 12.0. The fourth-order valence-electron chi connectivity index (χ4n) is 1.73. The number of rotatable bonds is 4. The van der Waals surface area contributed by atoms with E-state index in [1.54, 1.807) is 18.3 Å². The lowest BCUT2D eigenvalue weighted by molar-refractivity contribution is -0.274. The van der Waals surface area contributed by atoms with Crippen molar-refractivity contribution in [3.63, 3.8) is 0 Å². The summed E-state index contributed by atoms with van der Waals surface area (Å²) in [6.07, 6.45) is -3.69. The maximum absolute atomic E-state index is 12.0. The Morgan fingerprint density at radius 1 is 1.14 bits per heavy atom. The quantitative estimate of drug-likeness (QED) is 0.894. The van der Waals surface area contributed by atoms with Crippen molar-refractivity contribution in [2.75, 3.05) is 0 Å². The number of aliphatic hydroxyl groups is 1. The van der Waals surface area contributed by atoms with E-state index < -0.39 is 12.5 Å². The number of benzene rings is 1. The van der Waals surface area contributed by atoms with E-state index in [0.29, 0.717) is 11.3 Å². The van der Waals surface area contributed by atoms with Crippen molar-refractivity contribution in [3.8, 4) is 5.75 Å². The van der Waals surface area contributed by atoms with Crippen LogP contribution in [-0.2, 0) is 6.42 Å². The third kappa shape index (κ3) is 5.02. The fourth-order valence-corrected chi connectivity index (χ4v) is 1.97. The zero-order valence-electron chi connectivity index (χ0n) is 10.6. The first-order valence-electron chi connectivity index (χ1n) is 5.98. The third-order valence-electron chi connectivity index (χ3n) is 2.69. The number of hydrogen-bond acceptors (Lipinski definition) is 3. The van der Waals surface area contributed by atoms with Gasteiger partial charge in [0, 0.05) is 22.8 Å². The molecule has 2 rings (SSSR count). The fraction of sp³-hybridized carbons (Fsp3) is 0.214.